The molecule has 2 heteroatoms. The van der Waals surface area contributed by atoms with Crippen molar-refractivity contribution in [2.75, 3.05) is 19.0 Å². The average Bonchev–Trinajstić information content (AvgIpc) is 2.75. The van der Waals surface area contributed by atoms with Crippen LogP contribution in [0.2, 0.25) is 0 Å². The fourth-order valence-corrected chi connectivity index (χ4v) is 4.23. The van der Waals surface area contributed by atoms with E-state index in [1.807, 2.05) is 11.3 Å². The van der Waals surface area contributed by atoms with Gasteiger partial charge in [-0.1, -0.05) is 48.5 Å². The van der Waals surface area contributed by atoms with Gasteiger partial charge in [-0.3, -0.25) is 0 Å². The third-order valence-corrected chi connectivity index (χ3v) is 5.77. The predicted octanol–water partition coefficient (Wildman–Crippen LogP) is 7.10. The lowest BCUT2D eigenvalue weighted by Gasteiger charge is -2.12. The Morgan fingerprint density at radius 3 is 1.44 bits per heavy atom. The molecule has 0 saturated heterocycles. The van der Waals surface area contributed by atoms with Gasteiger partial charge in [0.05, 0.1) is 0 Å². The van der Waals surface area contributed by atoms with Crippen LogP contribution in [0.1, 0.15) is 0 Å². The lowest BCUT2D eigenvalue weighted by atomic mass is 10.0. The third kappa shape index (κ3) is 3.91. The van der Waals surface area contributed by atoms with Crippen molar-refractivity contribution in [2.45, 2.75) is 0 Å². The number of hydrogen-bond acceptors (Lipinski definition) is 1. The summed E-state index contributed by atoms with van der Waals surface area (Å²) in [5.74, 6) is 0. The van der Waals surface area contributed by atoms with Crippen molar-refractivity contribution in [1.29, 1.82) is 0 Å². The van der Waals surface area contributed by atoms with E-state index in [0.717, 1.165) is 0 Å². The van der Waals surface area contributed by atoms with Gasteiger partial charge in [0.15, 0.2) is 0 Å². The van der Waals surface area contributed by atoms with Crippen molar-refractivity contribution in [3.8, 4) is 32.0 Å². The van der Waals surface area contributed by atoms with Gasteiger partial charge in [0.25, 0.3) is 0 Å². The number of rotatable bonds is 4. The maximum atomic E-state index is 2.30. The number of benzene rings is 3. The van der Waals surface area contributed by atoms with E-state index < -0.39 is 0 Å². The first kappa shape index (κ1) is 17.4. The molecule has 0 atom stereocenters. The molecule has 0 radical (unpaired) electrons. The summed E-state index contributed by atoms with van der Waals surface area (Å²) in [5, 5.41) is 0. The Bertz CT molecular complexity index is 965. The van der Waals surface area contributed by atoms with Crippen LogP contribution in [-0.4, -0.2) is 14.1 Å². The highest BCUT2D eigenvalue weighted by Crippen LogP contribution is 2.37. The zero-order valence-corrected chi connectivity index (χ0v) is 16.4. The Morgan fingerprint density at radius 1 is 0.519 bits per heavy atom. The molecule has 1 aromatic heterocycles. The topological polar surface area (TPSA) is 3.24 Å². The molecule has 27 heavy (non-hydrogen) atoms. The fraction of sp³-hybridized carbons (Fsp3) is 0.0800. The van der Waals surface area contributed by atoms with Gasteiger partial charge < -0.3 is 4.90 Å². The van der Waals surface area contributed by atoms with Gasteiger partial charge in [0, 0.05) is 43.0 Å². The predicted molar refractivity (Wildman–Crippen MR) is 119 cm³/mol. The Morgan fingerprint density at radius 2 is 1.00 bits per heavy atom. The van der Waals surface area contributed by atoms with E-state index in [4.69, 9.17) is 0 Å². The Hall–Kier alpha value is -2.97. The summed E-state index contributed by atoms with van der Waals surface area (Å²) in [6, 6.07) is 34.6. The molecule has 0 bridgehead atoms. The van der Waals surface area contributed by atoms with Crippen molar-refractivity contribution < 1.29 is 0 Å². The minimum atomic E-state index is 1.21. The standard InChI is InChI=1S/C25H22NS/c1-26(2)23-15-13-19(14-16-23)22-17-24(20-9-5-3-6-10-20)27-25(18-22)21-11-7-4-8-12-21/h3-18H,1-2H3/q+1. The second kappa shape index (κ2) is 7.73. The van der Waals surface area contributed by atoms with Crippen LogP contribution in [0.4, 0.5) is 5.69 Å². The molecule has 0 aliphatic rings. The van der Waals surface area contributed by atoms with Crippen LogP contribution in [0, 0.1) is 0 Å². The van der Waals surface area contributed by atoms with Crippen LogP contribution in [0.3, 0.4) is 0 Å². The maximum absolute atomic E-state index is 2.30. The minimum Gasteiger partial charge on any atom is -0.378 e. The highest BCUT2D eigenvalue weighted by Gasteiger charge is 2.19. The molecule has 4 aromatic rings. The van der Waals surface area contributed by atoms with Crippen LogP contribution in [0.5, 0.6) is 0 Å². The van der Waals surface area contributed by atoms with E-state index in [9.17, 15) is 0 Å². The third-order valence-electron chi connectivity index (χ3n) is 4.63. The van der Waals surface area contributed by atoms with Crippen LogP contribution >= 0.6 is 11.3 Å². The number of anilines is 1. The van der Waals surface area contributed by atoms with Gasteiger partial charge in [0.2, 0.25) is 21.1 Å². The summed E-state index contributed by atoms with van der Waals surface area (Å²) in [6.45, 7) is 0. The highest BCUT2D eigenvalue weighted by molar-refractivity contribution is 7.18. The van der Waals surface area contributed by atoms with Crippen LogP contribution in [0.15, 0.2) is 97.1 Å². The molecule has 0 amide bonds. The van der Waals surface area contributed by atoms with Gasteiger partial charge >= 0.3 is 0 Å². The number of nitrogens with zero attached hydrogens (tertiary/aromatic N) is 1. The molecule has 0 fully saturated rings. The largest absolute Gasteiger partial charge is 0.378 e. The molecule has 4 rings (SSSR count). The zero-order valence-electron chi connectivity index (χ0n) is 15.6. The summed E-state index contributed by atoms with van der Waals surface area (Å²) in [5.41, 5.74) is 6.21. The van der Waals surface area contributed by atoms with Crippen molar-refractivity contribution in [2.24, 2.45) is 0 Å². The highest BCUT2D eigenvalue weighted by atomic mass is 32.1. The lowest BCUT2D eigenvalue weighted by Crippen LogP contribution is -2.07. The molecule has 0 spiro atoms. The molecule has 1 nitrogen and oxygen atoms in total. The van der Waals surface area contributed by atoms with E-state index in [2.05, 4.69) is 116 Å². The average molecular weight is 369 g/mol. The summed E-state index contributed by atoms with van der Waals surface area (Å²) >= 11 is 1.84. The summed E-state index contributed by atoms with van der Waals surface area (Å²) in [6.07, 6.45) is 0. The number of hydrogen-bond donors (Lipinski definition) is 0. The van der Waals surface area contributed by atoms with Crippen molar-refractivity contribution in [1.82, 2.24) is 0 Å². The quantitative estimate of drug-likeness (QED) is 0.347. The smallest absolute Gasteiger partial charge is 0.239 e. The van der Waals surface area contributed by atoms with Crippen molar-refractivity contribution >= 4 is 17.0 Å². The first-order chi connectivity index (χ1) is 13.2. The molecule has 132 valence electrons. The van der Waals surface area contributed by atoms with Crippen molar-refractivity contribution in [3.63, 3.8) is 0 Å². The Kier molecular flexibility index (Phi) is 4.99. The van der Waals surface area contributed by atoms with Gasteiger partial charge in [-0.25, -0.2) is 0 Å². The monoisotopic (exact) mass is 368 g/mol. The van der Waals surface area contributed by atoms with Gasteiger partial charge in [-0.15, -0.1) is 0 Å². The van der Waals surface area contributed by atoms with Crippen LogP contribution < -0.4 is 4.90 Å². The van der Waals surface area contributed by atoms with Crippen LogP contribution in [0.25, 0.3) is 32.0 Å². The van der Waals surface area contributed by atoms with Crippen LogP contribution in [-0.2, 0) is 0 Å². The summed E-state index contributed by atoms with van der Waals surface area (Å²) < 4.78 is 0. The van der Waals surface area contributed by atoms with E-state index in [-0.39, 0.29) is 0 Å². The van der Waals surface area contributed by atoms with E-state index in [1.165, 1.54) is 37.7 Å². The van der Waals surface area contributed by atoms with E-state index >= 15 is 0 Å². The molecular weight excluding hydrogens is 346 g/mol. The summed E-state index contributed by atoms with van der Waals surface area (Å²) in [7, 11) is 4.14. The normalized spacial score (nSPS) is 10.6. The Balaban J connectivity index is 1.85. The van der Waals surface area contributed by atoms with E-state index in [0.29, 0.717) is 0 Å². The molecule has 0 saturated carbocycles. The first-order valence-corrected chi connectivity index (χ1v) is 9.89. The molecule has 0 aliphatic carbocycles. The molecule has 0 unspecified atom stereocenters. The Labute approximate surface area is 165 Å². The molecule has 0 N–H and O–H groups in total. The molecule has 0 aliphatic heterocycles. The molecular formula is C25H22NS+. The fourth-order valence-electron chi connectivity index (χ4n) is 3.11. The first-order valence-electron chi connectivity index (χ1n) is 9.07. The lowest BCUT2D eigenvalue weighted by molar-refractivity contribution is 1.13. The molecule has 3 aromatic carbocycles. The van der Waals surface area contributed by atoms with Gasteiger partial charge in [-0.05, 0) is 47.5 Å². The van der Waals surface area contributed by atoms with Crippen molar-refractivity contribution in [3.05, 3.63) is 97.1 Å². The minimum absolute atomic E-state index is 1.21. The SMILES string of the molecule is CN(C)c1ccc(-c2cc(-c3ccccc3)[s+]c(-c3ccccc3)c2)cc1. The maximum Gasteiger partial charge on any atom is 0.239 e. The van der Waals surface area contributed by atoms with Gasteiger partial charge in [-0.2, -0.15) is 0 Å². The van der Waals surface area contributed by atoms with E-state index in [1.54, 1.807) is 0 Å². The molecule has 1 heterocycles. The summed E-state index contributed by atoms with van der Waals surface area (Å²) in [4.78, 5) is 4.69. The second-order valence-electron chi connectivity index (χ2n) is 6.75. The zero-order chi connectivity index (χ0) is 18.6. The van der Waals surface area contributed by atoms with Gasteiger partial charge in [0.1, 0.15) is 0 Å². The second-order valence-corrected chi connectivity index (χ2v) is 7.83.